The van der Waals surface area contributed by atoms with E-state index in [4.69, 9.17) is 11.6 Å². The molecule has 18 heavy (non-hydrogen) atoms. The Morgan fingerprint density at radius 3 is 2.94 bits per heavy atom. The van der Waals surface area contributed by atoms with E-state index in [0.29, 0.717) is 0 Å². The Kier molecular flexibility index (Phi) is 3.88. The lowest BCUT2D eigenvalue weighted by Gasteiger charge is -2.25. The molecule has 2 nitrogen and oxygen atoms in total. The van der Waals surface area contributed by atoms with Gasteiger partial charge in [0, 0.05) is 24.2 Å². The van der Waals surface area contributed by atoms with Crippen molar-refractivity contribution in [3.8, 4) is 0 Å². The van der Waals surface area contributed by atoms with Gasteiger partial charge in [-0.2, -0.15) is 0 Å². The molecule has 0 spiro atoms. The van der Waals surface area contributed by atoms with Crippen molar-refractivity contribution in [3.05, 3.63) is 34.9 Å². The van der Waals surface area contributed by atoms with E-state index in [1.165, 1.54) is 51.0 Å². The molecule has 2 aliphatic rings. The predicted molar refractivity (Wildman–Crippen MR) is 75.9 cm³/mol. The number of nitrogens with zero attached hydrogens (tertiary/aromatic N) is 2. The minimum absolute atomic E-state index is 0.798. The topological polar surface area (TPSA) is 6.48 Å². The zero-order valence-corrected chi connectivity index (χ0v) is 11.6. The minimum Gasteiger partial charge on any atom is -0.299 e. The standard InChI is InChI=1S/C15H21ClN2/c16-14-5-1-4-13(10-14)11-17-7-3-9-18-8-2-6-15(18)12-17/h1,4-5,10,15H,2-3,6-9,11-12H2/t15-/m1/s1. The summed E-state index contributed by atoms with van der Waals surface area (Å²) < 4.78 is 0. The Morgan fingerprint density at radius 2 is 2.06 bits per heavy atom. The molecule has 0 aromatic heterocycles. The molecule has 2 aliphatic heterocycles. The van der Waals surface area contributed by atoms with Crippen LogP contribution in [0.25, 0.3) is 0 Å². The molecule has 1 atom stereocenters. The summed E-state index contributed by atoms with van der Waals surface area (Å²) in [6.45, 7) is 6.10. The van der Waals surface area contributed by atoms with Crippen LogP contribution < -0.4 is 0 Å². The summed E-state index contributed by atoms with van der Waals surface area (Å²) in [4.78, 5) is 5.28. The van der Waals surface area contributed by atoms with E-state index in [1.807, 2.05) is 6.07 Å². The van der Waals surface area contributed by atoms with Crippen LogP contribution in [0.3, 0.4) is 0 Å². The maximum absolute atomic E-state index is 6.06. The second-order valence-electron chi connectivity index (χ2n) is 5.55. The van der Waals surface area contributed by atoms with E-state index in [2.05, 4.69) is 28.0 Å². The van der Waals surface area contributed by atoms with Crippen LogP contribution in [0, 0.1) is 0 Å². The first kappa shape index (κ1) is 12.5. The summed E-state index contributed by atoms with van der Waals surface area (Å²) >= 11 is 6.06. The van der Waals surface area contributed by atoms with Crippen molar-refractivity contribution < 1.29 is 0 Å². The van der Waals surface area contributed by atoms with Crippen LogP contribution in [0.1, 0.15) is 24.8 Å². The van der Waals surface area contributed by atoms with Gasteiger partial charge in [0.2, 0.25) is 0 Å². The van der Waals surface area contributed by atoms with Crippen LogP contribution in [0.5, 0.6) is 0 Å². The van der Waals surface area contributed by atoms with Crippen molar-refractivity contribution in [2.75, 3.05) is 26.2 Å². The van der Waals surface area contributed by atoms with Crippen molar-refractivity contribution in [3.63, 3.8) is 0 Å². The fraction of sp³-hybridized carbons (Fsp3) is 0.600. The quantitative estimate of drug-likeness (QED) is 0.810. The minimum atomic E-state index is 0.798. The Morgan fingerprint density at radius 1 is 1.17 bits per heavy atom. The molecule has 0 N–H and O–H groups in total. The molecule has 1 aromatic rings. The summed E-state index contributed by atoms with van der Waals surface area (Å²) in [6.07, 6.45) is 4.07. The van der Waals surface area contributed by atoms with Crippen LogP contribution in [0.2, 0.25) is 5.02 Å². The Hall–Kier alpha value is -0.570. The molecule has 0 amide bonds. The summed E-state index contributed by atoms with van der Waals surface area (Å²) in [5, 5.41) is 0.852. The van der Waals surface area contributed by atoms with Gasteiger partial charge in [0.25, 0.3) is 0 Å². The van der Waals surface area contributed by atoms with Gasteiger partial charge < -0.3 is 0 Å². The molecule has 0 bridgehead atoms. The molecular weight excluding hydrogens is 244 g/mol. The molecule has 0 saturated carbocycles. The fourth-order valence-electron chi connectivity index (χ4n) is 3.32. The molecule has 98 valence electrons. The lowest BCUT2D eigenvalue weighted by Crippen LogP contribution is -2.36. The molecule has 0 radical (unpaired) electrons. The van der Waals surface area contributed by atoms with Gasteiger partial charge in [-0.05, 0) is 56.6 Å². The zero-order valence-electron chi connectivity index (χ0n) is 10.8. The van der Waals surface area contributed by atoms with E-state index in [9.17, 15) is 0 Å². The van der Waals surface area contributed by atoms with E-state index in [1.54, 1.807) is 0 Å². The van der Waals surface area contributed by atoms with Crippen LogP contribution in [-0.2, 0) is 6.54 Å². The number of hydrogen-bond acceptors (Lipinski definition) is 2. The summed E-state index contributed by atoms with van der Waals surface area (Å²) in [5.41, 5.74) is 1.34. The van der Waals surface area contributed by atoms with Gasteiger partial charge in [0.1, 0.15) is 0 Å². The number of rotatable bonds is 2. The third-order valence-corrected chi connectivity index (χ3v) is 4.42. The second-order valence-corrected chi connectivity index (χ2v) is 5.99. The van der Waals surface area contributed by atoms with E-state index < -0.39 is 0 Å². The van der Waals surface area contributed by atoms with Gasteiger partial charge in [0.15, 0.2) is 0 Å². The first-order chi connectivity index (χ1) is 8.81. The number of benzene rings is 1. The highest BCUT2D eigenvalue weighted by molar-refractivity contribution is 6.30. The number of halogens is 1. The van der Waals surface area contributed by atoms with Gasteiger partial charge in [-0.15, -0.1) is 0 Å². The molecule has 3 rings (SSSR count). The van der Waals surface area contributed by atoms with Crippen molar-refractivity contribution >= 4 is 11.6 Å². The van der Waals surface area contributed by atoms with E-state index >= 15 is 0 Å². The van der Waals surface area contributed by atoms with Gasteiger partial charge in [-0.3, -0.25) is 9.80 Å². The van der Waals surface area contributed by atoms with E-state index in [-0.39, 0.29) is 0 Å². The molecule has 0 aliphatic carbocycles. The van der Waals surface area contributed by atoms with Crippen molar-refractivity contribution in [1.82, 2.24) is 9.80 Å². The average Bonchev–Trinajstić information content (AvgIpc) is 2.69. The van der Waals surface area contributed by atoms with Crippen LogP contribution in [-0.4, -0.2) is 42.0 Å². The molecule has 2 saturated heterocycles. The SMILES string of the molecule is Clc1cccc(CN2CCCN3CCC[C@@H]3C2)c1. The van der Waals surface area contributed by atoms with Gasteiger partial charge in [0.05, 0.1) is 0 Å². The summed E-state index contributed by atoms with van der Waals surface area (Å²) in [6, 6.07) is 9.08. The lowest BCUT2D eigenvalue weighted by atomic mass is 10.1. The number of fused-ring (bicyclic) bond motifs is 1. The highest BCUT2D eigenvalue weighted by Gasteiger charge is 2.28. The third-order valence-electron chi connectivity index (χ3n) is 4.18. The maximum atomic E-state index is 6.06. The van der Waals surface area contributed by atoms with Gasteiger partial charge >= 0.3 is 0 Å². The molecule has 2 fully saturated rings. The lowest BCUT2D eigenvalue weighted by molar-refractivity contribution is 0.215. The predicted octanol–water partition coefficient (Wildman–Crippen LogP) is 3.01. The van der Waals surface area contributed by atoms with Crippen molar-refractivity contribution in [2.45, 2.75) is 31.8 Å². The third kappa shape index (κ3) is 2.87. The first-order valence-corrected chi connectivity index (χ1v) is 7.40. The largest absolute Gasteiger partial charge is 0.299 e. The zero-order chi connectivity index (χ0) is 12.4. The first-order valence-electron chi connectivity index (χ1n) is 7.02. The Bertz CT molecular complexity index is 407. The number of hydrogen-bond donors (Lipinski definition) is 0. The van der Waals surface area contributed by atoms with Gasteiger partial charge in [-0.1, -0.05) is 23.7 Å². The fourth-order valence-corrected chi connectivity index (χ4v) is 3.53. The van der Waals surface area contributed by atoms with Crippen molar-refractivity contribution in [1.29, 1.82) is 0 Å². The monoisotopic (exact) mass is 264 g/mol. The van der Waals surface area contributed by atoms with Crippen molar-refractivity contribution in [2.24, 2.45) is 0 Å². The molecule has 1 aromatic carbocycles. The molecule has 0 unspecified atom stereocenters. The van der Waals surface area contributed by atoms with Gasteiger partial charge in [-0.25, -0.2) is 0 Å². The van der Waals surface area contributed by atoms with Crippen LogP contribution in [0.4, 0.5) is 0 Å². The smallest absolute Gasteiger partial charge is 0.0409 e. The normalized spacial score (nSPS) is 25.9. The summed E-state index contributed by atoms with van der Waals surface area (Å²) in [7, 11) is 0. The average molecular weight is 265 g/mol. The van der Waals surface area contributed by atoms with Crippen LogP contribution in [0.15, 0.2) is 24.3 Å². The van der Waals surface area contributed by atoms with Crippen LogP contribution >= 0.6 is 11.6 Å². The highest BCUT2D eigenvalue weighted by Crippen LogP contribution is 2.22. The van der Waals surface area contributed by atoms with E-state index in [0.717, 1.165) is 17.6 Å². The summed E-state index contributed by atoms with van der Waals surface area (Å²) in [5.74, 6) is 0. The highest BCUT2D eigenvalue weighted by atomic mass is 35.5. The molecule has 3 heteroatoms. The maximum Gasteiger partial charge on any atom is 0.0409 e. The Balaban J connectivity index is 1.65. The Labute approximate surface area is 115 Å². The molecule has 2 heterocycles. The molecular formula is C15H21ClN2. The second kappa shape index (κ2) is 5.60.